The second kappa shape index (κ2) is 10.1. The number of hydrogen-bond donors (Lipinski definition) is 2. The summed E-state index contributed by atoms with van der Waals surface area (Å²) in [5.74, 6) is 0.240. The van der Waals surface area contributed by atoms with E-state index in [0.29, 0.717) is 50.3 Å². The third-order valence-corrected chi connectivity index (χ3v) is 6.99. The first-order valence-corrected chi connectivity index (χ1v) is 13.1. The molecule has 0 saturated carbocycles. The molecule has 1 saturated heterocycles. The lowest BCUT2D eigenvalue weighted by molar-refractivity contribution is 0.0204. The molecule has 0 unspecified atom stereocenters. The molecule has 4 aromatic rings. The predicted molar refractivity (Wildman–Crippen MR) is 144 cm³/mol. The third kappa shape index (κ3) is 5.51. The summed E-state index contributed by atoms with van der Waals surface area (Å²) >= 11 is 0. The smallest absolute Gasteiger partial charge is 0.410 e. The molecule has 1 aliphatic rings. The Balaban J connectivity index is 1.44. The van der Waals surface area contributed by atoms with E-state index in [-0.39, 0.29) is 23.4 Å². The summed E-state index contributed by atoms with van der Waals surface area (Å²) in [7, 11) is 0. The van der Waals surface area contributed by atoms with Crippen molar-refractivity contribution in [2.75, 3.05) is 13.1 Å². The number of rotatable bonds is 5. The second-order valence-electron chi connectivity index (χ2n) is 11.1. The van der Waals surface area contributed by atoms with Gasteiger partial charge in [-0.05, 0) is 88.8 Å². The molecular weight excluding hydrogens is 485 g/mol. The molecule has 9 heteroatoms. The summed E-state index contributed by atoms with van der Waals surface area (Å²) in [5, 5.41) is 3.36. The van der Waals surface area contributed by atoms with Crippen LogP contribution in [-0.2, 0) is 17.6 Å². The van der Waals surface area contributed by atoms with Crippen molar-refractivity contribution >= 4 is 17.1 Å². The van der Waals surface area contributed by atoms with Crippen LogP contribution in [0.5, 0.6) is 0 Å². The highest BCUT2D eigenvalue weighted by atomic mass is 19.1. The van der Waals surface area contributed by atoms with E-state index >= 15 is 0 Å². The lowest BCUT2D eigenvalue weighted by atomic mass is 9.90. The van der Waals surface area contributed by atoms with Crippen LogP contribution in [0.1, 0.15) is 61.9 Å². The number of amides is 1. The van der Waals surface area contributed by atoms with Gasteiger partial charge in [0.05, 0.1) is 11.0 Å². The van der Waals surface area contributed by atoms with E-state index < -0.39 is 5.60 Å². The van der Waals surface area contributed by atoms with Gasteiger partial charge in [-0.2, -0.15) is 4.68 Å². The van der Waals surface area contributed by atoms with Crippen molar-refractivity contribution in [3.63, 3.8) is 0 Å². The Kier molecular flexibility index (Phi) is 6.86. The first-order valence-electron chi connectivity index (χ1n) is 13.1. The Morgan fingerprint density at radius 2 is 1.82 bits per heavy atom. The van der Waals surface area contributed by atoms with E-state index in [1.807, 2.05) is 45.9 Å². The van der Waals surface area contributed by atoms with Crippen molar-refractivity contribution < 1.29 is 13.9 Å². The second-order valence-corrected chi connectivity index (χ2v) is 11.1. The predicted octanol–water partition coefficient (Wildman–Crippen LogP) is 5.39. The number of nitrogens with zero attached hydrogens (tertiary/aromatic N) is 3. The fourth-order valence-corrected chi connectivity index (χ4v) is 5.03. The van der Waals surface area contributed by atoms with E-state index in [4.69, 9.17) is 4.74 Å². The zero-order valence-electron chi connectivity index (χ0n) is 22.3. The van der Waals surface area contributed by atoms with Crippen molar-refractivity contribution in [1.29, 1.82) is 0 Å². The van der Waals surface area contributed by atoms with Crippen molar-refractivity contribution in [2.45, 2.75) is 64.9 Å². The summed E-state index contributed by atoms with van der Waals surface area (Å²) in [4.78, 5) is 35.9. The number of carbonyl (C=O) groups is 1. The average Bonchev–Trinajstić information content (AvgIpc) is 3.43. The normalized spacial score (nSPS) is 14.8. The number of nitrogens with one attached hydrogen (secondary N) is 2. The summed E-state index contributed by atoms with van der Waals surface area (Å²) in [6.45, 7) is 8.69. The molecule has 2 aromatic heterocycles. The van der Waals surface area contributed by atoms with E-state index in [0.717, 1.165) is 27.9 Å². The van der Waals surface area contributed by atoms with Crippen molar-refractivity contribution in [1.82, 2.24) is 24.6 Å². The summed E-state index contributed by atoms with van der Waals surface area (Å²) < 4.78 is 20.4. The number of H-pyrrole nitrogens is 2. The molecule has 1 amide bonds. The maximum atomic E-state index is 13.7. The molecule has 38 heavy (non-hydrogen) atoms. The van der Waals surface area contributed by atoms with Gasteiger partial charge in [0.2, 0.25) is 5.95 Å². The zero-order valence-corrected chi connectivity index (χ0v) is 22.3. The van der Waals surface area contributed by atoms with Crippen LogP contribution in [0.3, 0.4) is 0 Å². The summed E-state index contributed by atoms with van der Waals surface area (Å²) in [6.07, 6.45) is 2.23. The highest BCUT2D eigenvalue weighted by Gasteiger charge is 2.31. The van der Waals surface area contributed by atoms with Gasteiger partial charge in [-0.1, -0.05) is 18.2 Å². The SMILES string of the molecule is Cc1ccc2nc(-n3[nH]c(C4CCN(C(=O)OC(C)(C)C)CC4)c(CCc4ccc(F)cc4)c3=O)[nH]c2c1. The molecule has 8 nitrogen and oxygen atoms in total. The number of benzene rings is 2. The number of aryl methyl sites for hydroxylation is 2. The molecule has 0 radical (unpaired) electrons. The van der Waals surface area contributed by atoms with Crippen LogP contribution in [0.2, 0.25) is 0 Å². The van der Waals surface area contributed by atoms with Gasteiger partial charge in [0.15, 0.2) is 0 Å². The van der Waals surface area contributed by atoms with Crippen molar-refractivity contribution in [3.8, 4) is 5.95 Å². The zero-order chi connectivity index (χ0) is 27.0. The lowest BCUT2D eigenvalue weighted by Crippen LogP contribution is -2.41. The number of fused-ring (bicyclic) bond motifs is 1. The fraction of sp³-hybridized carbons (Fsp3) is 0.414. The Hall–Kier alpha value is -3.88. The highest BCUT2D eigenvalue weighted by molar-refractivity contribution is 5.77. The number of ether oxygens (including phenoxy) is 1. The van der Waals surface area contributed by atoms with Gasteiger partial charge >= 0.3 is 6.09 Å². The van der Waals surface area contributed by atoms with Crippen molar-refractivity contribution in [2.24, 2.45) is 0 Å². The first kappa shape index (κ1) is 25.8. The number of imidazole rings is 1. The Bertz CT molecular complexity index is 1500. The van der Waals surface area contributed by atoms with E-state index in [1.54, 1.807) is 17.0 Å². The van der Waals surface area contributed by atoms with E-state index in [2.05, 4.69) is 15.1 Å². The average molecular weight is 520 g/mol. The van der Waals surface area contributed by atoms with Gasteiger partial charge in [0, 0.05) is 30.3 Å². The largest absolute Gasteiger partial charge is 0.444 e. The Morgan fingerprint density at radius 1 is 1.11 bits per heavy atom. The van der Waals surface area contributed by atoms with Crippen LogP contribution >= 0.6 is 0 Å². The van der Waals surface area contributed by atoms with E-state index in [9.17, 15) is 14.0 Å². The van der Waals surface area contributed by atoms with Gasteiger partial charge < -0.3 is 14.6 Å². The lowest BCUT2D eigenvalue weighted by Gasteiger charge is -2.33. The molecule has 3 heterocycles. The minimum atomic E-state index is -0.547. The number of aromatic nitrogens is 4. The number of hydrogen-bond acceptors (Lipinski definition) is 4. The minimum absolute atomic E-state index is 0.0810. The molecule has 0 spiro atoms. The van der Waals surface area contributed by atoms with Crippen LogP contribution in [0.4, 0.5) is 9.18 Å². The number of piperidine rings is 1. The third-order valence-electron chi connectivity index (χ3n) is 6.99. The van der Waals surface area contributed by atoms with Crippen LogP contribution in [-0.4, -0.2) is 49.4 Å². The number of carbonyl (C=O) groups excluding carboxylic acids is 1. The Labute approximate surface area is 220 Å². The summed E-state index contributed by atoms with van der Waals surface area (Å²) in [5.41, 5.74) is 4.59. The topological polar surface area (TPSA) is 96.0 Å². The first-order chi connectivity index (χ1) is 18.1. The van der Waals surface area contributed by atoms with Crippen molar-refractivity contribution in [3.05, 3.63) is 81.0 Å². The number of likely N-dealkylation sites (tertiary alicyclic amines) is 1. The monoisotopic (exact) mass is 519 g/mol. The maximum Gasteiger partial charge on any atom is 0.410 e. The van der Waals surface area contributed by atoms with Gasteiger partial charge in [-0.15, -0.1) is 0 Å². The van der Waals surface area contributed by atoms with Gasteiger partial charge in [0.1, 0.15) is 11.4 Å². The number of halogens is 1. The van der Waals surface area contributed by atoms with Crippen LogP contribution in [0.15, 0.2) is 47.3 Å². The molecule has 0 bridgehead atoms. The number of aromatic amines is 2. The van der Waals surface area contributed by atoms with Gasteiger partial charge in [-0.3, -0.25) is 9.89 Å². The maximum absolute atomic E-state index is 13.7. The molecular formula is C29H34FN5O3. The molecule has 0 atom stereocenters. The molecule has 0 aliphatic carbocycles. The molecule has 1 aliphatic heterocycles. The minimum Gasteiger partial charge on any atom is -0.444 e. The molecule has 1 fully saturated rings. The molecule has 200 valence electrons. The molecule has 5 rings (SSSR count). The van der Waals surface area contributed by atoms with Crippen LogP contribution in [0, 0.1) is 12.7 Å². The Morgan fingerprint density at radius 3 is 2.50 bits per heavy atom. The fourth-order valence-electron chi connectivity index (χ4n) is 5.03. The van der Waals surface area contributed by atoms with Crippen LogP contribution < -0.4 is 5.56 Å². The summed E-state index contributed by atoms with van der Waals surface area (Å²) in [6, 6.07) is 12.3. The quantitative estimate of drug-likeness (QED) is 0.370. The highest BCUT2D eigenvalue weighted by Crippen LogP contribution is 2.30. The standard InChI is InChI=1S/C29H34FN5O3/c1-18-5-12-23-24(17-18)32-27(31-23)35-26(36)22(11-8-19-6-9-21(30)10-7-19)25(33-35)20-13-15-34(16-14-20)28(37)38-29(2,3)4/h5-7,9-10,12,17,20,33H,8,11,13-16H2,1-4H3,(H,31,32). The van der Waals surface area contributed by atoms with Gasteiger partial charge in [0.25, 0.3) is 5.56 Å². The molecule has 2 aromatic carbocycles. The van der Waals surface area contributed by atoms with E-state index in [1.165, 1.54) is 16.8 Å². The molecule has 2 N–H and O–H groups in total. The van der Waals surface area contributed by atoms with Gasteiger partial charge in [-0.25, -0.2) is 14.2 Å². The van der Waals surface area contributed by atoms with Crippen LogP contribution in [0.25, 0.3) is 17.0 Å².